The Hall–Kier alpha value is -0.880. The molecule has 0 aliphatic carbocycles. The van der Waals surface area contributed by atoms with Gasteiger partial charge in [0.2, 0.25) is 0 Å². The van der Waals surface area contributed by atoms with Crippen molar-refractivity contribution < 1.29 is 5.11 Å². The molecule has 1 heterocycles. The minimum atomic E-state index is -0.474. The average Bonchev–Trinajstić information content (AvgIpc) is 2.70. The van der Waals surface area contributed by atoms with Crippen LogP contribution in [0.25, 0.3) is 0 Å². The van der Waals surface area contributed by atoms with E-state index in [-0.39, 0.29) is 0 Å². The van der Waals surface area contributed by atoms with Crippen LogP contribution in [-0.2, 0) is 19.9 Å². The second-order valence-corrected chi connectivity index (χ2v) is 5.51. The zero-order valence-electron chi connectivity index (χ0n) is 10.6. The third-order valence-electron chi connectivity index (χ3n) is 3.06. The van der Waals surface area contributed by atoms with E-state index >= 15 is 0 Å². The molecule has 96 valence electrons. The van der Waals surface area contributed by atoms with Gasteiger partial charge in [-0.05, 0) is 46.7 Å². The first-order chi connectivity index (χ1) is 8.61. The number of hydrogen-bond acceptors (Lipinski definition) is 2. The minimum Gasteiger partial charge on any atom is -0.388 e. The highest BCUT2D eigenvalue weighted by molar-refractivity contribution is 14.1. The molecule has 3 nitrogen and oxygen atoms in total. The van der Waals surface area contributed by atoms with Gasteiger partial charge in [0.05, 0.1) is 11.8 Å². The quantitative estimate of drug-likeness (QED) is 0.856. The largest absolute Gasteiger partial charge is 0.388 e. The molecule has 0 bridgehead atoms. The summed E-state index contributed by atoms with van der Waals surface area (Å²) in [5.41, 5.74) is 3.12. The van der Waals surface area contributed by atoms with Gasteiger partial charge in [0.15, 0.2) is 0 Å². The van der Waals surface area contributed by atoms with Crippen LogP contribution in [0.1, 0.15) is 30.0 Å². The SMILES string of the molecule is CCc1cc(CC(O)c2ccccc2I)n(C)n1. The number of aliphatic hydroxyl groups excluding tert-OH is 1. The van der Waals surface area contributed by atoms with Gasteiger partial charge in [-0.15, -0.1) is 0 Å². The molecule has 18 heavy (non-hydrogen) atoms. The molecule has 2 aromatic rings. The summed E-state index contributed by atoms with van der Waals surface area (Å²) >= 11 is 2.26. The molecular formula is C14H17IN2O. The van der Waals surface area contributed by atoms with E-state index in [2.05, 4.69) is 40.7 Å². The standard InChI is InChI=1S/C14H17IN2O/c1-3-10-8-11(17(2)16-10)9-14(18)12-6-4-5-7-13(12)15/h4-8,14,18H,3,9H2,1-2H3. The zero-order chi connectivity index (χ0) is 13.1. The van der Waals surface area contributed by atoms with Crippen molar-refractivity contribution >= 4 is 22.6 Å². The fourth-order valence-electron chi connectivity index (χ4n) is 1.99. The Labute approximate surface area is 121 Å². The fourth-order valence-corrected chi connectivity index (χ4v) is 2.74. The highest BCUT2D eigenvalue weighted by atomic mass is 127. The number of hydrogen-bond donors (Lipinski definition) is 1. The van der Waals surface area contributed by atoms with Gasteiger partial charge < -0.3 is 5.11 Å². The smallest absolute Gasteiger partial charge is 0.0855 e. The normalized spacial score (nSPS) is 12.7. The number of aryl methyl sites for hydroxylation is 2. The molecule has 0 amide bonds. The number of aromatic nitrogens is 2. The van der Waals surface area contributed by atoms with Crippen LogP contribution in [0.4, 0.5) is 0 Å². The molecule has 0 spiro atoms. The van der Waals surface area contributed by atoms with Crippen molar-refractivity contribution in [2.24, 2.45) is 7.05 Å². The molecule has 0 fully saturated rings. The number of aliphatic hydroxyl groups is 1. The van der Waals surface area contributed by atoms with Crippen molar-refractivity contribution in [3.05, 3.63) is 50.9 Å². The van der Waals surface area contributed by atoms with Gasteiger partial charge >= 0.3 is 0 Å². The van der Waals surface area contributed by atoms with E-state index in [9.17, 15) is 5.11 Å². The molecule has 1 aromatic heterocycles. The lowest BCUT2D eigenvalue weighted by atomic mass is 10.0. The van der Waals surface area contributed by atoms with Crippen molar-refractivity contribution in [1.82, 2.24) is 9.78 Å². The third-order valence-corrected chi connectivity index (χ3v) is 4.04. The summed E-state index contributed by atoms with van der Waals surface area (Å²) in [6, 6.07) is 10.0. The van der Waals surface area contributed by atoms with Gasteiger partial charge in [0, 0.05) is 22.7 Å². The summed E-state index contributed by atoms with van der Waals surface area (Å²) < 4.78 is 2.96. The van der Waals surface area contributed by atoms with Gasteiger partial charge in [-0.25, -0.2) is 0 Å². The highest BCUT2D eigenvalue weighted by Gasteiger charge is 2.14. The van der Waals surface area contributed by atoms with Crippen molar-refractivity contribution in [3.8, 4) is 0 Å². The predicted molar refractivity (Wildman–Crippen MR) is 80.4 cm³/mol. The van der Waals surface area contributed by atoms with Crippen molar-refractivity contribution in [3.63, 3.8) is 0 Å². The van der Waals surface area contributed by atoms with Crippen LogP contribution in [0.2, 0.25) is 0 Å². The first-order valence-corrected chi connectivity index (χ1v) is 7.14. The summed E-state index contributed by atoms with van der Waals surface area (Å²) in [6.07, 6.45) is 1.05. The van der Waals surface area contributed by atoms with Crippen LogP contribution < -0.4 is 0 Å². The van der Waals surface area contributed by atoms with E-state index in [1.54, 1.807) is 0 Å². The highest BCUT2D eigenvalue weighted by Crippen LogP contribution is 2.23. The van der Waals surface area contributed by atoms with E-state index in [0.717, 1.165) is 26.9 Å². The first kappa shape index (κ1) is 13.5. The molecule has 0 radical (unpaired) electrons. The van der Waals surface area contributed by atoms with Gasteiger partial charge in [-0.3, -0.25) is 4.68 Å². The van der Waals surface area contributed by atoms with Crippen molar-refractivity contribution in [1.29, 1.82) is 0 Å². The van der Waals surface area contributed by atoms with Crippen LogP contribution >= 0.6 is 22.6 Å². The number of halogens is 1. The number of benzene rings is 1. The Morgan fingerprint density at radius 2 is 2.11 bits per heavy atom. The van der Waals surface area contributed by atoms with Crippen LogP contribution in [0.5, 0.6) is 0 Å². The minimum absolute atomic E-state index is 0.474. The molecule has 0 saturated carbocycles. The zero-order valence-corrected chi connectivity index (χ0v) is 12.8. The second-order valence-electron chi connectivity index (χ2n) is 4.35. The van der Waals surface area contributed by atoms with E-state index in [1.807, 2.05) is 36.0 Å². The summed E-state index contributed by atoms with van der Waals surface area (Å²) in [5, 5.41) is 14.7. The van der Waals surface area contributed by atoms with Gasteiger partial charge in [0.1, 0.15) is 0 Å². The second kappa shape index (κ2) is 5.84. The third kappa shape index (κ3) is 2.92. The topological polar surface area (TPSA) is 38.0 Å². The Kier molecular flexibility index (Phi) is 4.40. The molecule has 4 heteroatoms. The lowest BCUT2D eigenvalue weighted by molar-refractivity contribution is 0.175. The van der Waals surface area contributed by atoms with E-state index in [4.69, 9.17) is 0 Å². The van der Waals surface area contributed by atoms with Crippen molar-refractivity contribution in [2.45, 2.75) is 25.9 Å². The molecular weight excluding hydrogens is 339 g/mol. The summed E-state index contributed by atoms with van der Waals surface area (Å²) in [4.78, 5) is 0. The lowest BCUT2D eigenvalue weighted by Gasteiger charge is -2.12. The molecule has 0 aliphatic rings. The van der Waals surface area contributed by atoms with Crippen LogP contribution in [-0.4, -0.2) is 14.9 Å². The Bertz CT molecular complexity index is 536. The maximum Gasteiger partial charge on any atom is 0.0855 e. The van der Waals surface area contributed by atoms with Crippen LogP contribution in [0.15, 0.2) is 30.3 Å². The maximum absolute atomic E-state index is 10.3. The van der Waals surface area contributed by atoms with Gasteiger partial charge in [-0.1, -0.05) is 25.1 Å². The fraction of sp³-hybridized carbons (Fsp3) is 0.357. The van der Waals surface area contributed by atoms with E-state index < -0.39 is 6.10 Å². The summed E-state index contributed by atoms with van der Waals surface area (Å²) in [7, 11) is 1.93. The van der Waals surface area contributed by atoms with Crippen LogP contribution in [0, 0.1) is 3.57 Å². The molecule has 2 rings (SSSR count). The predicted octanol–water partition coefficient (Wildman–Crippen LogP) is 2.86. The maximum atomic E-state index is 10.3. The number of nitrogens with zero attached hydrogens (tertiary/aromatic N) is 2. The molecule has 1 aromatic carbocycles. The Balaban J connectivity index is 2.18. The van der Waals surface area contributed by atoms with Crippen LogP contribution in [0.3, 0.4) is 0 Å². The monoisotopic (exact) mass is 356 g/mol. The molecule has 1 unspecified atom stereocenters. The Morgan fingerprint density at radius 3 is 2.72 bits per heavy atom. The molecule has 1 atom stereocenters. The lowest BCUT2D eigenvalue weighted by Crippen LogP contribution is -2.07. The van der Waals surface area contributed by atoms with Gasteiger partial charge in [0.25, 0.3) is 0 Å². The van der Waals surface area contributed by atoms with Gasteiger partial charge in [-0.2, -0.15) is 5.10 Å². The van der Waals surface area contributed by atoms with Crippen molar-refractivity contribution in [2.75, 3.05) is 0 Å². The van der Waals surface area contributed by atoms with E-state index in [0.29, 0.717) is 6.42 Å². The molecule has 0 aliphatic heterocycles. The summed E-state index contributed by atoms with van der Waals surface area (Å²) in [6.45, 7) is 2.09. The molecule has 1 N–H and O–H groups in total. The Morgan fingerprint density at radius 1 is 1.39 bits per heavy atom. The summed E-state index contributed by atoms with van der Waals surface area (Å²) in [5.74, 6) is 0. The average molecular weight is 356 g/mol. The number of rotatable bonds is 4. The van der Waals surface area contributed by atoms with E-state index in [1.165, 1.54) is 0 Å². The molecule has 0 saturated heterocycles. The first-order valence-electron chi connectivity index (χ1n) is 6.06.